The molecule has 0 aliphatic carbocycles. The van der Waals surface area contributed by atoms with E-state index in [-0.39, 0.29) is 17.1 Å². The zero-order valence-corrected chi connectivity index (χ0v) is 15.7. The topological polar surface area (TPSA) is 105 Å². The Morgan fingerprint density at radius 2 is 1.47 bits per heavy atom. The summed E-state index contributed by atoms with van der Waals surface area (Å²) in [4.78, 5) is 36.2. The number of phenols is 1. The minimum Gasteiger partial charge on any atom is -0.507 e. The van der Waals surface area contributed by atoms with Gasteiger partial charge in [-0.3, -0.25) is 20.4 Å². The minimum absolute atomic E-state index is 0.0277. The predicted molar refractivity (Wildman–Crippen MR) is 111 cm³/mol. The fourth-order valence-electron chi connectivity index (χ4n) is 2.50. The number of aromatic hydroxyl groups is 1. The Bertz CT molecular complexity index is 1090. The van der Waals surface area contributed by atoms with Gasteiger partial charge in [-0.15, -0.1) is 0 Å². The molecule has 0 heterocycles. The maximum absolute atomic E-state index is 12.3. The lowest BCUT2D eigenvalue weighted by molar-refractivity contribution is -0.117. The molecular weight excluding hydrogens is 384 g/mol. The summed E-state index contributed by atoms with van der Waals surface area (Å²) in [7, 11) is 0. The van der Waals surface area contributed by atoms with E-state index in [1.807, 2.05) is 0 Å². The highest BCUT2D eigenvalue weighted by atomic mass is 16.5. The Morgan fingerprint density at radius 1 is 0.800 bits per heavy atom. The summed E-state index contributed by atoms with van der Waals surface area (Å²) in [6.45, 7) is 0. The monoisotopic (exact) mass is 402 g/mol. The number of rotatable bonds is 5. The van der Waals surface area contributed by atoms with Gasteiger partial charge in [0.15, 0.2) is 0 Å². The van der Waals surface area contributed by atoms with Crippen molar-refractivity contribution in [3.05, 3.63) is 102 Å². The van der Waals surface area contributed by atoms with Gasteiger partial charge in [-0.25, -0.2) is 4.79 Å². The molecule has 30 heavy (non-hydrogen) atoms. The first kappa shape index (κ1) is 20.3. The average Bonchev–Trinajstić information content (AvgIpc) is 2.77. The summed E-state index contributed by atoms with van der Waals surface area (Å²) in [5.74, 6) is -1.70. The summed E-state index contributed by atoms with van der Waals surface area (Å²) in [5, 5.41) is 9.65. The second-order valence-electron chi connectivity index (χ2n) is 6.09. The third-order valence-corrected chi connectivity index (χ3v) is 3.99. The quantitative estimate of drug-likeness (QED) is 0.263. The molecule has 3 N–H and O–H groups in total. The Labute approximate surface area is 172 Å². The molecule has 0 spiro atoms. The first-order valence-corrected chi connectivity index (χ1v) is 8.97. The summed E-state index contributed by atoms with van der Waals surface area (Å²) >= 11 is 0. The van der Waals surface area contributed by atoms with Crippen molar-refractivity contribution in [2.24, 2.45) is 0 Å². The first-order chi connectivity index (χ1) is 14.5. The van der Waals surface area contributed by atoms with Gasteiger partial charge in [0, 0.05) is 11.6 Å². The van der Waals surface area contributed by atoms with Crippen molar-refractivity contribution in [1.29, 1.82) is 0 Å². The number of esters is 1. The zero-order valence-electron chi connectivity index (χ0n) is 15.7. The molecule has 0 aliphatic rings. The average molecular weight is 402 g/mol. The van der Waals surface area contributed by atoms with Crippen LogP contribution in [0.1, 0.15) is 26.3 Å². The maximum Gasteiger partial charge on any atom is 0.343 e. The predicted octanol–water partition coefficient (Wildman–Crippen LogP) is 3.09. The maximum atomic E-state index is 12.3. The summed E-state index contributed by atoms with van der Waals surface area (Å²) < 4.78 is 5.41. The van der Waals surface area contributed by atoms with Crippen LogP contribution in [-0.4, -0.2) is 22.9 Å². The SMILES string of the molecule is O=C(/C=C/c1ccccc1OC(=O)c1ccccc1)NNC(=O)c1ccccc1O. The van der Waals surface area contributed by atoms with E-state index in [1.54, 1.807) is 66.7 Å². The van der Waals surface area contributed by atoms with Gasteiger partial charge >= 0.3 is 5.97 Å². The number of ether oxygens (including phenoxy) is 1. The Balaban J connectivity index is 1.62. The summed E-state index contributed by atoms with van der Waals surface area (Å²) in [6, 6.07) is 21.2. The van der Waals surface area contributed by atoms with Crippen molar-refractivity contribution in [3.8, 4) is 11.5 Å². The molecule has 0 saturated carbocycles. The van der Waals surface area contributed by atoms with E-state index < -0.39 is 17.8 Å². The molecule has 3 rings (SSSR count). The van der Waals surface area contributed by atoms with Gasteiger partial charge in [0.05, 0.1) is 11.1 Å². The number of carbonyl (C=O) groups excluding carboxylic acids is 3. The molecular formula is C23H18N2O5. The molecule has 3 aromatic rings. The Kier molecular flexibility index (Phi) is 6.58. The molecule has 0 bridgehead atoms. The molecule has 7 nitrogen and oxygen atoms in total. The number of hydrogen-bond donors (Lipinski definition) is 3. The number of phenolic OH excluding ortho intramolecular Hbond substituents is 1. The van der Waals surface area contributed by atoms with Crippen LogP contribution in [0.3, 0.4) is 0 Å². The lowest BCUT2D eigenvalue weighted by Gasteiger charge is -2.08. The number of carbonyl (C=O) groups is 3. The number of hydrogen-bond acceptors (Lipinski definition) is 5. The molecule has 0 aliphatic heterocycles. The lowest BCUT2D eigenvalue weighted by Crippen LogP contribution is -2.40. The van der Waals surface area contributed by atoms with Crippen LogP contribution < -0.4 is 15.6 Å². The van der Waals surface area contributed by atoms with Gasteiger partial charge in [-0.1, -0.05) is 48.5 Å². The van der Waals surface area contributed by atoms with Crippen LogP contribution in [0.25, 0.3) is 6.08 Å². The van der Waals surface area contributed by atoms with Crippen molar-refractivity contribution in [2.75, 3.05) is 0 Å². The first-order valence-electron chi connectivity index (χ1n) is 8.97. The van der Waals surface area contributed by atoms with Crippen molar-refractivity contribution < 1.29 is 24.2 Å². The largest absolute Gasteiger partial charge is 0.507 e. The summed E-state index contributed by atoms with van der Waals surface area (Å²) in [6.07, 6.45) is 2.63. The molecule has 0 saturated heterocycles. The van der Waals surface area contributed by atoms with Crippen molar-refractivity contribution in [1.82, 2.24) is 10.9 Å². The van der Waals surface area contributed by atoms with Crippen LogP contribution in [0.15, 0.2) is 84.9 Å². The van der Waals surface area contributed by atoms with E-state index >= 15 is 0 Å². The number of para-hydroxylation sites is 2. The lowest BCUT2D eigenvalue weighted by atomic mass is 10.2. The van der Waals surface area contributed by atoms with Crippen LogP contribution in [-0.2, 0) is 4.79 Å². The second-order valence-corrected chi connectivity index (χ2v) is 6.09. The normalized spacial score (nSPS) is 10.4. The van der Waals surface area contributed by atoms with E-state index in [2.05, 4.69) is 10.9 Å². The fourth-order valence-corrected chi connectivity index (χ4v) is 2.50. The highest BCUT2D eigenvalue weighted by Gasteiger charge is 2.11. The molecule has 0 aromatic heterocycles. The van der Waals surface area contributed by atoms with Crippen LogP contribution in [0.4, 0.5) is 0 Å². The zero-order chi connectivity index (χ0) is 21.3. The van der Waals surface area contributed by atoms with E-state index in [0.717, 1.165) is 0 Å². The van der Waals surface area contributed by atoms with Crippen LogP contribution in [0.5, 0.6) is 11.5 Å². The van der Waals surface area contributed by atoms with Gasteiger partial charge in [0.1, 0.15) is 11.5 Å². The number of nitrogens with one attached hydrogen (secondary N) is 2. The fraction of sp³-hybridized carbons (Fsp3) is 0. The van der Waals surface area contributed by atoms with Crippen LogP contribution >= 0.6 is 0 Å². The van der Waals surface area contributed by atoms with Crippen molar-refractivity contribution in [3.63, 3.8) is 0 Å². The van der Waals surface area contributed by atoms with E-state index in [4.69, 9.17) is 4.74 Å². The molecule has 0 atom stereocenters. The van der Waals surface area contributed by atoms with Crippen LogP contribution in [0, 0.1) is 0 Å². The molecule has 7 heteroatoms. The van der Waals surface area contributed by atoms with Crippen LogP contribution in [0.2, 0.25) is 0 Å². The van der Waals surface area contributed by atoms with Gasteiger partial charge in [0.2, 0.25) is 0 Å². The molecule has 0 unspecified atom stereocenters. The molecule has 0 fully saturated rings. The highest BCUT2D eigenvalue weighted by molar-refractivity contribution is 5.99. The number of benzene rings is 3. The van der Waals surface area contributed by atoms with Gasteiger partial charge in [-0.2, -0.15) is 0 Å². The van der Waals surface area contributed by atoms with E-state index in [1.165, 1.54) is 24.3 Å². The Morgan fingerprint density at radius 3 is 2.23 bits per heavy atom. The van der Waals surface area contributed by atoms with Crippen molar-refractivity contribution >= 4 is 23.9 Å². The minimum atomic E-state index is -0.660. The standard InChI is InChI=1S/C23H18N2O5/c26-19-12-6-5-11-18(19)22(28)25-24-21(27)15-14-16-8-4-7-13-20(16)30-23(29)17-9-2-1-3-10-17/h1-15,26H,(H,24,27)(H,25,28)/b15-14+. The van der Waals surface area contributed by atoms with E-state index in [0.29, 0.717) is 11.1 Å². The second kappa shape index (κ2) is 9.70. The third kappa shape index (κ3) is 5.32. The molecule has 0 radical (unpaired) electrons. The number of hydrazine groups is 1. The number of amides is 2. The molecule has 2 amide bonds. The highest BCUT2D eigenvalue weighted by Crippen LogP contribution is 2.21. The Hall–Kier alpha value is -4.39. The van der Waals surface area contributed by atoms with Gasteiger partial charge < -0.3 is 9.84 Å². The van der Waals surface area contributed by atoms with Gasteiger partial charge in [0.25, 0.3) is 11.8 Å². The smallest absolute Gasteiger partial charge is 0.343 e. The molecule has 150 valence electrons. The molecule has 3 aromatic carbocycles. The van der Waals surface area contributed by atoms with Crippen molar-refractivity contribution in [2.45, 2.75) is 0 Å². The summed E-state index contributed by atoms with van der Waals surface area (Å²) in [5.41, 5.74) is 5.36. The van der Waals surface area contributed by atoms with Gasteiger partial charge in [-0.05, 0) is 36.4 Å². The third-order valence-electron chi connectivity index (χ3n) is 3.99. The van der Waals surface area contributed by atoms with E-state index in [9.17, 15) is 19.5 Å².